The minimum Gasteiger partial charge on any atom is -0.347 e. The second-order valence-electron chi connectivity index (χ2n) is 6.94. The zero-order valence-electron chi connectivity index (χ0n) is 15.3. The van der Waals surface area contributed by atoms with Crippen LogP contribution in [0.1, 0.15) is 45.7 Å². The van der Waals surface area contributed by atoms with Gasteiger partial charge in [0, 0.05) is 43.9 Å². The van der Waals surface area contributed by atoms with Crippen molar-refractivity contribution in [3.63, 3.8) is 0 Å². The molecule has 1 saturated heterocycles. The minimum atomic E-state index is -0.105. The minimum absolute atomic E-state index is 0. The zero-order valence-corrected chi connectivity index (χ0v) is 16.9. The lowest BCUT2D eigenvalue weighted by Gasteiger charge is -2.15. The SMILES string of the molecule is Cl.Cl.O=C(NCc1cccc(CN2CCCC2)c1)c1n[nH]c2c1CNCC2. The van der Waals surface area contributed by atoms with E-state index in [9.17, 15) is 4.79 Å². The Morgan fingerprint density at radius 2 is 1.96 bits per heavy atom. The third-order valence-corrected chi connectivity index (χ3v) is 5.07. The summed E-state index contributed by atoms with van der Waals surface area (Å²) >= 11 is 0. The van der Waals surface area contributed by atoms with Gasteiger partial charge in [0.25, 0.3) is 5.91 Å². The van der Waals surface area contributed by atoms with Crippen LogP contribution in [-0.2, 0) is 26.1 Å². The van der Waals surface area contributed by atoms with Gasteiger partial charge in [-0.15, -0.1) is 24.8 Å². The van der Waals surface area contributed by atoms with Crippen molar-refractivity contribution in [2.45, 2.75) is 38.9 Å². The lowest BCUT2D eigenvalue weighted by Crippen LogP contribution is -2.28. The number of hydrogen-bond donors (Lipinski definition) is 3. The van der Waals surface area contributed by atoms with Crippen molar-refractivity contribution in [1.29, 1.82) is 0 Å². The van der Waals surface area contributed by atoms with E-state index < -0.39 is 0 Å². The molecule has 0 atom stereocenters. The summed E-state index contributed by atoms with van der Waals surface area (Å²) in [6, 6.07) is 8.50. The molecule has 1 aromatic carbocycles. The zero-order chi connectivity index (χ0) is 17.1. The number of nitrogens with zero attached hydrogens (tertiary/aromatic N) is 2. The Labute approximate surface area is 172 Å². The summed E-state index contributed by atoms with van der Waals surface area (Å²) in [6.07, 6.45) is 3.51. The Morgan fingerprint density at radius 3 is 2.78 bits per heavy atom. The molecule has 0 saturated carbocycles. The Kier molecular flexibility index (Phi) is 8.10. The molecule has 6 nitrogen and oxygen atoms in total. The number of halogens is 2. The number of nitrogens with one attached hydrogen (secondary N) is 3. The van der Waals surface area contributed by atoms with Gasteiger partial charge < -0.3 is 10.6 Å². The second-order valence-corrected chi connectivity index (χ2v) is 6.94. The number of H-pyrrole nitrogens is 1. The molecular formula is C19H27Cl2N5O. The fraction of sp³-hybridized carbons (Fsp3) is 0.474. The van der Waals surface area contributed by atoms with Crippen LogP contribution >= 0.6 is 24.8 Å². The molecule has 27 heavy (non-hydrogen) atoms. The summed E-state index contributed by atoms with van der Waals surface area (Å²) < 4.78 is 0. The number of amides is 1. The van der Waals surface area contributed by atoms with Gasteiger partial charge >= 0.3 is 0 Å². The molecule has 0 radical (unpaired) electrons. The normalized spacial score (nSPS) is 16.1. The molecule has 3 N–H and O–H groups in total. The molecule has 2 aromatic rings. The van der Waals surface area contributed by atoms with E-state index >= 15 is 0 Å². The first kappa shape index (κ1) is 21.7. The van der Waals surface area contributed by atoms with Gasteiger partial charge in [-0.25, -0.2) is 0 Å². The number of fused-ring (bicyclic) bond motifs is 1. The molecule has 1 fully saturated rings. The molecule has 3 heterocycles. The van der Waals surface area contributed by atoms with Crippen molar-refractivity contribution in [2.24, 2.45) is 0 Å². The van der Waals surface area contributed by atoms with Crippen LogP contribution in [0.2, 0.25) is 0 Å². The first-order valence-electron chi connectivity index (χ1n) is 9.15. The van der Waals surface area contributed by atoms with Crippen molar-refractivity contribution < 1.29 is 4.79 Å². The van der Waals surface area contributed by atoms with Gasteiger partial charge in [-0.2, -0.15) is 5.10 Å². The number of rotatable bonds is 5. The predicted molar refractivity (Wildman–Crippen MR) is 111 cm³/mol. The Balaban J connectivity index is 0.00000131. The highest BCUT2D eigenvalue weighted by molar-refractivity contribution is 5.94. The molecule has 148 valence electrons. The van der Waals surface area contributed by atoms with Crippen LogP contribution in [0.25, 0.3) is 0 Å². The van der Waals surface area contributed by atoms with E-state index in [1.807, 2.05) is 0 Å². The van der Waals surface area contributed by atoms with Gasteiger partial charge in [0.15, 0.2) is 5.69 Å². The van der Waals surface area contributed by atoms with E-state index in [1.165, 1.54) is 31.5 Å². The van der Waals surface area contributed by atoms with Gasteiger partial charge in [-0.05, 0) is 37.1 Å². The molecule has 0 spiro atoms. The van der Waals surface area contributed by atoms with Crippen LogP contribution in [0.4, 0.5) is 0 Å². The Bertz CT molecular complexity index is 758. The van der Waals surface area contributed by atoms with Crippen LogP contribution in [0.3, 0.4) is 0 Å². The van der Waals surface area contributed by atoms with Gasteiger partial charge in [0.05, 0.1) is 0 Å². The number of hydrogen-bond acceptors (Lipinski definition) is 4. The van der Waals surface area contributed by atoms with Crippen molar-refractivity contribution in [3.8, 4) is 0 Å². The van der Waals surface area contributed by atoms with E-state index in [1.54, 1.807) is 0 Å². The summed E-state index contributed by atoms with van der Waals surface area (Å²) in [4.78, 5) is 15.0. The molecule has 4 rings (SSSR count). The number of aromatic nitrogens is 2. The highest BCUT2D eigenvalue weighted by atomic mass is 35.5. The van der Waals surface area contributed by atoms with Gasteiger partial charge in [-0.1, -0.05) is 24.3 Å². The number of likely N-dealkylation sites (tertiary alicyclic amines) is 1. The van der Waals surface area contributed by atoms with Crippen molar-refractivity contribution in [1.82, 2.24) is 25.7 Å². The number of carbonyl (C=O) groups excluding carboxylic acids is 1. The topological polar surface area (TPSA) is 73.0 Å². The fourth-order valence-electron chi connectivity index (χ4n) is 3.72. The van der Waals surface area contributed by atoms with E-state index in [4.69, 9.17) is 0 Å². The monoisotopic (exact) mass is 411 g/mol. The third-order valence-electron chi connectivity index (χ3n) is 5.07. The average molecular weight is 412 g/mol. The fourth-order valence-corrected chi connectivity index (χ4v) is 3.72. The maximum atomic E-state index is 12.5. The first-order valence-corrected chi connectivity index (χ1v) is 9.15. The van der Waals surface area contributed by atoms with Crippen molar-refractivity contribution in [3.05, 3.63) is 52.3 Å². The second kappa shape index (κ2) is 10.1. The van der Waals surface area contributed by atoms with Crippen LogP contribution in [0.15, 0.2) is 24.3 Å². The van der Waals surface area contributed by atoms with Crippen molar-refractivity contribution in [2.75, 3.05) is 19.6 Å². The Hall–Kier alpha value is -1.60. The van der Waals surface area contributed by atoms with E-state index in [0.717, 1.165) is 36.3 Å². The molecule has 1 aromatic heterocycles. The molecule has 2 aliphatic rings. The summed E-state index contributed by atoms with van der Waals surface area (Å²) in [5, 5.41) is 13.5. The van der Waals surface area contributed by atoms with Gasteiger partial charge in [0.1, 0.15) is 0 Å². The molecule has 8 heteroatoms. The highest BCUT2D eigenvalue weighted by Crippen LogP contribution is 2.16. The molecule has 0 bridgehead atoms. The molecular weight excluding hydrogens is 385 g/mol. The van der Waals surface area contributed by atoms with Gasteiger partial charge in [0.2, 0.25) is 0 Å². The number of carbonyl (C=O) groups is 1. The number of benzene rings is 1. The Morgan fingerprint density at radius 1 is 1.19 bits per heavy atom. The van der Waals surface area contributed by atoms with Crippen LogP contribution in [-0.4, -0.2) is 40.6 Å². The summed E-state index contributed by atoms with van der Waals surface area (Å²) in [6.45, 7) is 5.56. The highest BCUT2D eigenvalue weighted by Gasteiger charge is 2.21. The predicted octanol–water partition coefficient (Wildman–Crippen LogP) is 2.42. The van der Waals surface area contributed by atoms with E-state index in [-0.39, 0.29) is 30.7 Å². The molecule has 2 aliphatic heterocycles. The molecule has 0 aliphatic carbocycles. The first-order chi connectivity index (χ1) is 12.3. The molecule has 0 unspecified atom stereocenters. The maximum Gasteiger partial charge on any atom is 0.272 e. The maximum absolute atomic E-state index is 12.5. The van der Waals surface area contributed by atoms with Crippen LogP contribution in [0, 0.1) is 0 Å². The van der Waals surface area contributed by atoms with Gasteiger partial charge in [-0.3, -0.25) is 14.8 Å². The quantitative estimate of drug-likeness (QED) is 0.706. The van der Waals surface area contributed by atoms with Crippen LogP contribution < -0.4 is 10.6 Å². The average Bonchev–Trinajstić information content (AvgIpc) is 3.29. The smallest absolute Gasteiger partial charge is 0.272 e. The third kappa shape index (κ3) is 5.23. The van der Waals surface area contributed by atoms with Crippen LogP contribution in [0.5, 0.6) is 0 Å². The largest absolute Gasteiger partial charge is 0.347 e. The summed E-state index contributed by atoms with van der Waals surface area (Å²) in [5.41, 5.74) is 5.06. The van der Waals surface area contributed by atoms with Crippen molar-refractivity contribution >= 4 is 30.7 Å². The lowest BCUT2D eigenvalue weighted by atomic mass is 10.1. The molecule has 1 amide bonds. The van der Waals surface area contributed by atoms with E-state index in [0.29, 0.717) is 18.8 Å². The number of aromatic amines is 1. The summed E-state index contributed by atoms with van der Waals surface area (Å²) in [7, 11) is 0. The van der Waals surface area contributed by atoms with E-state index in [2.05, 4.69) is 50.0 Å². The summed E-state index contributed by atoms with van der Waals surface area (Å²) in [5.74, 6) is -0.105. The standard InChI is InChI=1S/C19H25N5O.2ClH/c25-19(18-16-12-20-7-6-17(16)22-23-18)21-11-14-4-3-5-15(10-14)13-24-8-1-2-9-24;;/h3-5,10,20H,1-2,6-9,11-13H2,(H,21,25)(H,22,23);2*1H. The lowest BCUT2D eigenvalue weighted by molar-refractivity contribution is 0.0944.